The molecule has 0 atom stereocenters. The third-order valence-corrected chi connectivity index (χ3v) is 3.25. The van der Waals surface area contributed by atoms with E-state index in [2.05, 4.69) is 15.2 Å². The number of nitrogens with one attached hydrogen (secondary N) is 1. The maximum absolute atomic E-state index is 10.7. The Kier molecular flexibility index (Phi) is 4.01. The average Bonchev–Trinajstić information content (AvgIpc) is 3.03. The molecule has 7 nitrogen and oxygen atoms in total. The summed E-state index contributed by atoms with van der Waals surface area (Å²) in [4.78, 5) is 14.6. The Morgan fingerprint density at radius 2 is 2.00 bits per heavy atom. The molecule has 7 heteroatoms. The van der Waals surface area contributed by atoms with Crippen LogP contribution < -0.4 is 4.74 Å². The van der Waals surface area contributed by atoms with E-state index in [-0.39, 0.29) is 12.3 Å². The Bertz CT molecular complexity index is 827. The van der Waals surface area contributed by atoms with Crippen LogP contribution in [0.5, 0.6) is 5.75 Å². The first-order valence-corrected chi connectivity index (χ1v) is 6.97. The van der Waals surface area contributed by atoms with Crippen LogP contribution in [0, 0.1) is 17.0 Å². The van der Waals surface area contributed by atoms with E-state index in [1.165, 1.54) is 17.7 Å². The van der Waals surface area contributed by atoms with Crippen LogP contribution in [0.3, 0.4) is 0 Å². The fourth-order valence-corrected chi connectivity index (χ4v) is 2.03. The summed E-state index contributed by atoms with van der Waals surface area (Å²) in [6, 6.07) is 13.9. The molecular formula is C16H14N4O3. The van der Waals surface area contributed by atoms with Gasteiger partial charge in [0.2, 0.25) is 0 Å². The van der Waals surface area contributed by atoms with Crippen molar-refractivity contribution < 1.29 is 9.66 Å². The number of ether oxygens (including phenoxy) is 1. The molecule has 0 spiro atoms. The Morgan fingerprint density at radius 1 is 1.22 bits per heavy atom. The fraction of sp³-hybridized carbons (Fsp3) is 0.125. The summed E-state index contributed by atoms with van der Waals surface area (Å²) in [6.07, 6.45) is 0. The van der Waals surface area contributed by atoms with Crippen LogP contribution in [0.15, 0.2) is 48.5 Å². The number of H-pyrrole nitrogens is 1. The number of aryl methyl sites for hydroxylation is 1. The van der Waals surface area contributed by atoms with Gasteiger partial charge in [-0.1, -0.05) is 35.9 Å². The van der Waals surface area contributed by atoms with Crippen LogP contribution in [-0.4, -0.2) is 20.1 Å². The third-order valence-electron chi connectivity index (χ3n) is 3.25. The smallest absolute Gasteiger partial charge is 0.273 e. The zero-order valence-electron chi connectivity index (χ0n) is 12.4. The van der Waals surface area contributed by atoms with Gasteiger partial charge in [-0.3, -0.25) is 15.2 Å². The monoisotopic (exact) mass is 310 g/mol. The van der Waals surface area contributed by atoms with E-state index >= 15 is 0 Å². The van der Waals surface area contributed by atoms with Gasteiger partial charge in [0, 0.05) is 11.6 Å². The van der Waals surface area contributed by atoms with Crippen molar-refractivity contribution in [1.82, 2.24) is 15.2 Å². The van der Waals surface area contributed by atoms with Gasteiger partial charge < -0.3 is 4.74 Å². The van der Waals surface area contributed by atoms with Crippen molar-refractivity contribution in [3.05, 3.63) is 70.0 Å². The second kappa shape index (κ2) is 6.27. The largest absolute Gasteiger partial charge is 0.485 e. The molecule has 1 aromatic heterocycles. The molecule has 116 valence electrons. The SMILES string of the molecule is Cc1ccc(-c2n[nH]c(COc3cccc([N+](=O)[O-])c3)n2)cc1. The fourth-order valence-electron chi connectivity index (χ4n) is 2.03. The van der Waals surface area contributed by atoms with Crippen LogP contribution in [0.1, 0.15) is 11.4 Å². The first kappa shape index (κ1) is 14.7. The number of nitro groups is 1. The van der Waals surface area contributed by atoms with Crippen molar-refractivity contribution in [2.45, 2.75) is 13.5 Å². The van der Waals surface area contributed by atoms with Crippen LogP contribution in [0.25, 0.3) is 11.4 Å². The summed E-state index contributed by atoms with van der Waals surface area (Å²) in [5, 5.41) is 17.7. The standard InChI is InChI=1S/C16H14N4O3/c1-11-5-7-12(8-6-11)16-17-15(18-19-16)10-23-14-4-2-3-13(9-14)20(21)22/h2-9H,10H2,1H3,(H,17,18,19). The summed E-state index contributed by atoms with van der Waals surface area (Å²) in [5.41, 5.74) is 2.06. The van der Waals surface area contributed by atoms with Crippen molar-refractivity contribution in [3.63, 3.8) is 0 Å². The van der Waals surface area contributed by atoms with Gasteiger partial charge in [-0.05, 0) is 13.0 Å². The lowest BCUT2D eigenvalue weighted by atomic mass is 10.1. The number of nitrogens with zero attached hydrogens (tertiary/aromatic N) is 3. The molecule has 0 bridgehead atoms. The Morgan fingerprint density at radius 3 is 2.74 bits per heavy atom. The number of aromatic nitrogens is 3. The van der Waals surface area contributed by atoms with Gasteiger partial charge in [-0.25, -0.2) is 4.98 Å². The van der Waals surface area contributed by atoms with Crippen molar-refractivity contribution in [2.75, 3.05) is 0 Å². The number of nitro benzene ring substituents is 1. The maximum atomic E-state index is 10.7. The highest BCUT2D eigenvalue weighted by Gasteiger charge is 2.09. The number of aromatic amines is 1. The summed E-state index contributed by atoms with van der Waals surface area (Å²) in [5.74, 6) is 1.54. The highest BCUT2D eigenvalue weighted by atomic mass is 16.6. The van der Waals surface area contributed by atoms with Crippen LogP contribution in [-0.2, 0) is 6.61 Å². The molecule has 3 aromatic rings. The summed E-state index contributed by atoms with van der Waals surface area (Å²) < 4.78 is 5.51. The highest BCUT2D eigenvalue weighted by Crippen LogP contribution is 2.20. The summed E-state index contributed by atoms with van der Waals surface area (Å²) in [7, 11) is 0. The normalized spacial score (nSPS) is 10.5. The molecule has 0 amide bonds. The lowest BCUT2D eigenvalue weighted by molar-refractivity contribution is -0.384. The molecule has 0 aliphatic heterocycles. The molecule has 23 heavy (non-hydrogen) atoms. The Balaban J connectivity index is 1.69. The van der Waals surface area contributed by atoms with E-state index < -0.39 is 4.92 Å². The molecule has 3 rings (SSSR count). The zero-order valence-corrected chi connectivity index (χ0v) is 12.4. The molecule has 0 fully saturated rings. The molecule has 0 saturated carbocycles. The predicted octanol–water partition coefficient (Wildman–Crippen LogP) is 3.27. The number of hydrogen-bond acceptors (Lipinski definition) is 5. The molecule has 0 saturated heterocycles. The van der Waals surface area contributed by atoms with Gasteiger partial charge in [-0.2, -0.15) is 5.10 Å². The minimum Gasteiger partial charge on any atom is -0.485 e. The lowest BCUT2D eigenvalue weighted by Crippen LogP contribution is -1.98. The van der Waals surface area contributed by atoms with Gasteiger partial charge in [-0.15, -0.1) is 0 Å². The minimum absolute atomic E-state index is 0.0135. The van der Waals surface area contributed by atoms with Gasteiger partial charge in [0.1, 0.15) is 12.4 Å². The van der Waals surface area contributed by atoms with E-state index in [9.17, 15) is 10.1 Å². The quantitative estimate of drug-likeness (QED) is 0.576. The van der Waals surface area contributed by atoms with E-state index in [1.807, 2.05) is 31.2 Å². The number of benzene rings is 2. The minimum atomic E-state index is -0.462. The Hall–Kier alpha value is -3.22. The molecular weight excluding hydrogens is 296 g/mol. The summed E-state index contributed by atoms with van der Waals surface area (Å²) in [6.45, 7) is 2.17. The molecule has 1 heterocycles. The zero-order chi connectivity index (χ0) is 16.2. The van der Waals surface area contributed by atoms with Crippen LogP contribution >= 0.6 is 0 Å². The molecule has 0 aliphatic carbocycles. The third kappa shape index (κ3) is 3.52. The molecule has 0 unspecified atom stereocenters. The number of non-ortho nitro benzene ring substituents is 1. The Labute approximate surface area is 132 Å². The average molecular weight is 310 g/mol. The predicted molar refractivity (Wildman–Crippen MR) is 84.0 cm³/mol. The maximum Gasteiger partial charge on any atom is 0.273 e. The van der Waals surface area contributed by atoms with Crippen LogP contribution in [0.2, 0.25) is 0 Å². The van der Waals surface area contributed by atoms with Crippen molar-refractivity contribution in [2.24, 2.45) is 0 Å². The van der Waals surface area contributed by atoms with Gasteiger partial charge in [0.25, 0.3) is 5.69 Å². The van der Waals surface area contributed by atoms with E-state index in [1.54, 1.807) is 12.1 Å². The topological polar surface area (TPSA) is 93.9 Å². The molecule has 2 aromatic carbocycles. The number of hydrogen-bond donors (Lipinski definition) is 1. The van der Waals surface area contributed by atoms with Crippen molar-refractivity contribution in [1.29, 1.82) is 0 Å². The van der Waals surface area contributed by atoms with Crippen molar-refractivity contribution >= 4 is 5.69 Å². The second-order valence-electron chi connectivity index (χ2n) is 5.01. The second-order valence-corrected chi connectivity index (χ2v) is 5.01. The van der Waals surface area contributed by atoms with Crippen LogP contribution in [0.4, 0.5) is 5.69 Å². The van der Waals surface area contributed by atoms with Crippen molar-refractivity contribution in [3.8, 4) is 17.1 Å². The first-order valence-electron chi connectivity index (χ1n) is 6.97. The van der Waals surface area contributed by atoms with E-state index in [0.29, 0.717) is 17.4 Å². The first-order chi connectivity index (χ1) is 11.1. The van der Waals surface area contributed by atoms with E-state index in [4.69, 9.17) is 4.74 Å². The molecule has 0 aliphatic rings. The van der Waals surface area contributed by atoms with E-state index in [0.717, 1.165) is 5.56 Å². The highest BCUT2D eigenvalue weighted by molar-refractivity contribution is 5.54. The van der Waals surface area contributed by atoms with Gasteiger partial charge in [0.15, 0.2) is 11.6 Å². The van der Waals surface area contributed by atoms with Gasteiger partial charge >= 0.3 is 0 Å². The number of rotatable bonds is 5. The summed E-state index contributed by atoms with van der Waals surface area (Å²) >= 11 is 0. The molecule has 1 N–H and O–H groups in total. The lowest BCUT2D eigenvalue weighted by Gasteiger charge is -2.03. The van der Waals surface area contributed by atoms with Gasteiger partial charge in [0.05, 0.1) is 11.0 Å². The molecule has 0 radical (unpaired) electrons.